The molecule has 0 fully saturated rings. The van der Waals surface area contributed by atoms with Gasteiger partial charge >= 0.3 is 0 Å². The number of carbonyl (C=O) groups is 2. The molecule has 0 radical (unpaired) electrons. The number of hydrazone groups is 1. The molecule has 0 unspecified atom stereocenters. The van der Waals surface area contributed by atoms with Crippen LogP contribution in [0.4, 0.5) is 5.69 Å². The second-order valence-electron chi connectivity index (χ2n) is 5.92. The number of benzene rings is 2. The maximum absolute atomic E-state index is 12.1. The summed E-state index contributed by atoms with van der Waals surface area (Å²) < 4.78 is 16.8. The van der Waals surface area contributed by atoms with Crippen molar-refractivity contribution in [2.75, 3.05) is 18.7 Å². The number of hydrogen-bond acceptors (Lipinski definition) is 6. The second-order valence-corrected chi connectivity index (χ2v) is 6.83. The Morgan fingerprint density at radius 3 is 2.64 bits per heavy atom. The highest BCUT2D eigenvalue weighted by molar-refractivity contribution is 9.10. The Morgan fingerprint density at radius 1 is 1.11 bits per heavy atom. The second kappa shape index (κ2) is 9.23. The van der Waals surface area contributed by atoms with Crippen LogP contribution in [0.5, 0.6) is 17.2 Å². The van der Waals surface area contributed by atoms with Crippen LogP contribution < -0.4 is 25.0 Å². The molecular weight excluding hydrogens is 430 g/mol. The highest BCUT2D eigenvalue weighted by atomic mass is 79.9. The zero-order chi connectivity index (χ0) is 19.9. The van der Waals surface area contributed by atoms with Crippen LogP contribution in [-0.2, 0) is 9.59 Å². The molecule has 1 heterocycles. The van der Waals surface area contributed by atoms with E-state index in [1.165, 1.54) is 0 Å². The van der Waals surface area contributed by atoms with Gasteiger partial charge in [0.15, 0.2) is 18.1 Å². The molecule has 2 aromatic rings. The molecule has 0 saturated heterocycles. The molecule has 1 aliphatic heterocycles. The lowest BCUT2D eigenvalue weighted by atomic mass is 10.2. The molecule has 0 aromatic heterocycles. The van der Waals surface area contributed by atoms with E-state index in [1.807, 2.05) is 12.1 Å². The fraction of sp³-hybridized carbons (Fsp3) is 0.211. The van der Waals surface area contributed by atoms with Crippen LogP contribution in [0.3, 0.4) is 0 Å². The number of ether oxygens (including phenoxy) is 3. The molecule has 28 heavy (non-hydrogen) atoms. The van der Waals surface area contributed by atoms with Crippen LogP contribution in [0.1, 0.15) is 13.3 Å². The topological polar surface area (TPSA) is 98.3 Å². The average Bonchev–Trinajstić information content (AvgIpc) is 3.13. The lowest BCUT2D eigenvalue weighted by Crippen LogP contribution is -2.26. The first kappa shape index (κ1) is 19.7. The normalized spacial score (nSPS) is 12.4. The molecule has 0 saturated carbocycles. The standard InChI is InChI=1S/C19H18BrN3O5/c1-12(22-23-19(25)10-26-15-5-2-13(20)3-6-15)8-18(24)21-14-4-7-16-17(9-14)28-11-27-16/h2-7,9H,8,10-11H2,1H3,(H,21,24)(H,23,25). The van der Waals surface area contributed by atoms with Crippen molar-refractivity contribution in [2.24, 2.45) is 5.10 Å². The van der Waals surface area contributed by atoms with Gasteiger partial charge in [-0.25, -0.2) is 5.43 Å². The van der Waals surface area contributed by atoms with E-state index in [1.54, 1.807) is 37.3 Å². The van der Waals surface area contributed by atoms with Crippen molar-refractivity contribution in [3.8, 4) is 17.2 Å². The van der Waals surface area contributed by atoms with Crippen molar-refractivity contribution < 1.29 is 23.8 Å². The van der Waals surface area contributed by atoms with Gasteiger partial charge in [0, 0.05) is 21.9 Å². The molecule has 2 N–H and O–H groups in total. The molecule has 146 valence electrons. The number of fused-ring (bicyclic) bond motifs is 1. The van der Waals surface area contributed by atoms with Gasteiger partial charge in [0.25, 0.3) is 5.91 Å². The third-order valence-electron chi connectivity index (χ3n) is 3.63. The van der Waals surface area contributed by atoms with Gasteiger partial charge in [-0.05, 0) is 43.3 Å². The minimum absolute atomic E-state index is 0.0301. The molecule has 2 amide bonds. The molecule has 9 heteroatoms. The Kier molecular flexibility index (Phi) is 6.49. The molecule has 0 spiro atoms. The van der Waals surface area contributed by atoms with Crippen LogP contribution in [0.15, 0.2) is 52.0 Å². The van der Waals surface area contributed by atoms with Crippen molar-refractivity contribution >= 4 is 39.1 Å². The van der Waals surface area contributed by atoms with Gasteiger partial charge < -0.3 is 19.5 Å². The highest BCUT2D eigenvalue weighted by Crippen LogP contribution is 2.34. The van der Waals surface area contributed by atoms with Gasteiger partial charge in [-0.1, -0.05) is 15.9 Å². The van der Waals surface area contributed by atoms with E-state index in [-0.39, 0.29) is 25.7 Å². The zero-order valence-corrected chi connectivity index (χ0v) is 16.6. The first-order valence-electron chi connectivity index (χ1n) is 8.39. The minimum atomic E-state index is -0.418. The Bertz CT molecular complexity index is 899. The van der Waals surface area contributed by atoms with E-state index < -0.39 is 5.91 Å². The largest absolute Gasteiger partial charge is 0.484 e. The maximum Gasteiger partial charge on any atom is 0.277 e. The minimum Gasteiger partial charge on any atom is -0.484 e. The van der Waals surface area contributed by atoms with E-state index in [9.17, 15) is 9.59 Å². The van der Waals surface area contributed by atoms with Crippen molar-refractivity contribution in [2.45, 2.75) is 13.3 Å². The van der Waals surface area contributed by atoms with Crippen molar-refractivity contribution in [3.05, 3.63) is 46.9 Å². The summed E-state index contributed by atoms with van der Waals surface area (Å²) in [6, 6.07) is 12.2. The average molecular weight is 448 g/mol. The summed E-state index contributed by atoms with van der Waals surface area (Å²) in [6.45, 7) is 1.64. The first-order valence-corrected chi connectivity index (χ1v) is 9.19. The van der Waals surface area contributed by atoms with E-state index in [0.29, 0.717) is 28.6 Å². The van der Waals surface area contributed by atoms with Crippen molar-refractivity contribution in [1.29, 1.82) is 0 Å². The molecule has 8 nitrogen and oxygen atoms in total. The predicted octanol–water partition coefficient (Wildman–Crippen LogP) is 3.08. The molecule has 2 aromatic carbocycles. The van der Waals surface area contributed by atoms with Crippen LogP contribution in [0.2, 0.25) is 0 Å². The van der Waals surface area contributed by atoms with E-state index in [4.69, 9.17) is 14.2 Å². The number of carbonyl (C=O) groups excluding carboxylic acids is 2. The third kappa shape index (κ3) is 5.71. The zero-order valence-electron chi connectivity index (χ0n) is 15.0. The summed E-state index contributed by atoms with van der Waals surface area (Å²) in [5.41, 5.74) is 3.41. The van der Waals surface area contributed by atoms with Crippen molar-refractivity contribution in [3.63, 3.8) is 0 Å². The van der Waals surface area contributed by atoms with Gasteiger partial charge in [-0.2, -0.15) is 5.10 Å². The first-order chi connectivity index (χ1) is 13.5. The lowest BCUT2D eigenvalue weighted by Gasteiger charge is -2.07. The molecule has 3 rings (SSSR count). The van der Waals surface area contributed by atoms with E-state index in [2.05, 4.69) is 31.8 Å². The summed E-state index contributed by atoms with van der Waals surface area (Å²) in [5, 5.41) is 6.66. The third-order valence-corrected chi connectivity index (χ3v) is 4.16. The Labute approximate surface area is 170 Å². The molecular formula is C19H18BrN3O5. The molecule has 0 aliphatic carbocycles. The molecule has 0 atom stereocenters. The van der Waals surface area contributed by atoms with E-state index >= 15 is 0 Å². The fourth-order valence-electron chi connectivity index (χ4n) is 2.32. The number of hydrogen-bond donors (Lipinski definition) is 2. The molecule has 1 aliphatic rings. The van der Waals surface area contributed by atoms with Crippen molar-refractivity contribution in [1.82, 2.24) is 5.43 Å². The van der Waals surface area contributed by atoms with Gasteiger partial charge in [0.1, 0.15) is 5.75 Å². The highest BCUT2D eigenvalue weighted by Gasteiger charge is 2.14. The Hall–Kier alpha value is -3.07. The number of nitrogens with one attached hydrogen (secondary N) is 2. The summed E-state index contributed by atoms with van der Waals surface area (Å²) in [5.74, 6) is 1.12. The van der Waals surface area contributed by atoms with Crippen LogP contribution >= 0.6 is 15.9 Å². The quantitative estimate of drug-likeness (QED) is 0.501. The van der Waals surface area contributed by atoms with Gasteiger partial charge in [0.05, 0.1) is 6.42 Å². The smallest absolute Gasteiger partial charge is 0.277 e. The van der Waals surface area contributed by atoms with Crippen LogP contribution in [0.25, 0.3) is 0 Å². The summed E-state index contributed by atoms with van der Waals surface area (Å²) in [6.07, 6.45) is 0.0301. The summed E-state index contributed by atoms with van der Waals surface area (Å²) >= 11 is 3.32. The summed E-state index contributed by atoms with van der Waals surface area (Å²) in [7, 11) is 0. The SMILES string of the molecule is CC(CC(=O)Nc1ccc2c(c1)OCO2)=NNC(=O)COc1ccc(Br)cc1. The summed E-state index contributed by atoms with van der Waals surface area (Å²) in [4.78, 5) is 23.9. The number of amides is 2. The van der Waals surface area contributed by atoms with Gasteiger partial charge in [-0.15, -0.1) is 0 Å². The predicted molar refractivity (Wildman–Crippen MR) is 107 cm³/mol. The molecule has 0 bridgehead atoms. The van der Waals surface area contributed by atoms with Crippen LogP contribution in [-0.4, -0.2) is 30.9 Å². The number of rotatable bonds is 7. The fourth-order valence-corrected chi connectivity index (χ4v) is 2.59. The monoisotopic (exact) mass is 447 g/mol. The van der Waals surface area contributed by atoms with E-state index in [0.717, 1.165) is 4.47 Å². The van der Waals surface area contributed by atoms with Gasteiger partial charge in [-0.3, -0.25) is 9.59 Å². The Morgan fingerprint density at radius 2 is 1.86 bits per heavy atom. The Balaban J connectivity index is 1.42. The lowest BCUT2D eigenvalue weighted by molar-refractivity contribution is -0.123. The number of halogens is 1. The maximum atomic E-state index is 12.1. The van der Waals surface area contributed by atoms with Crippen LogP contribution in [0, 0.1) is 0 Å². The number of nitrogens with zero attached hydrogens (tertiary/aromatic N) is 1. The van der Waals surface area contributed by atoms with Gasteiger partial charge in [0.2, 0.25) is 12.7 Å². The number of anilines is 1.